The maximum atomic E-state index is 12.3. The van der Waals surface area contributed by atoms with Gasteiger partial charge in [-0.3, -0.25) is 4.79 Å². The standard InChI is InChI=1S/C11H16F3N3OS/c1-3-6(2)9(15)10(18)16-4-8-17-7(5-19-8)11(12,13)14/h5-6,9H,3-4,15H2,1-2H3,(H,16,18). The molecular formula is C11H16F3N3OS. The van der Waals surface area contributed by atoms with Crippen LogP contribution < -0.4 is 11.1 Å². The van der Waals surface area contributed by atoms with Gasteiger partial charge in [0.25, 0.3) is 0 Å². The summed E-state index contributed by atoms with van der Waals surface area (Å²) in [6.45, 7) is 3.72. The Morgan fingerprint density at radius 3 is 2.68 bits per heavy atom. The van der Waals surface area contributed by atoms with E-state index in [-0.39, 0.29) is 23.4 Å². The second kappa shape index (κ2) is 6.33. The van der Waals surface area contributed by atoms with Crippen LogP contribution >= 0.6 is 11.3 Å². The molecule has 0 aliphatic carbocycles. The van der Waals surface area contributed by atoms with Crippen molar-refractivity contribution in [2.45, 2.75) is 39.0 Å². The zero-order valence-electron chi connectivity index (χ0n) is 10.6. The summed E-state index contributed by atoms with van der Waals surface area (Å²) in [5, 5.41) is 3.63. The van der Waals surface area contributed by atoms with Gasteiger partial charge in [-0.2, -0.15) is 13.2 Å². The van der Waals surface area contributed by atoms with Crippen LogP contribution in [-0.2, 0) is 17.5 Å². The van der Waals surface area contributed by atoms with Gasteiger partial charge in [-0.1, -0.05) is 20.3 Å². The number of thiazole rings is 1. The molecule has 1 heterocycles. The number of nitrogens with one attached hydrogen (secondary N) is 1. The number of rotatable bonds is 5. The van der Waals surface area contributed by atoms with Crippen molar-refractivity contribution in [2.24, 2.45) is 11.7 Å². The quantitative estimate of drug-likeness (QED) is 0.874. The molecule has 0 saturated carbocycles. The number of halogens is 3. The second-order valence-electron chi connectivity index (χ2n) is 4.25. The number of hydrogen-bond acceptors (Lipinski definition) is 4. The molecule has 0 spiro atoms. The largest absolute Gasteiger partial charge is 0.434 e. The SMILES string of the molecule is CCC(C)C(N)C(=O)NCc1nc(C(F)(F)F)cs1. The van der Waals surface area contributed by atoms with E-state index in [9.17, 15) is 18.0 Å². The van der Waals surface area contributed by atoms with Gasteiger partial charge in [0.1, 0.15) is 5.01 Å². The number of carbonyl (C=O) groups excluding carboxylic acids is 1. The summed E-state index contributed by atoms with van der Waals surface area (Å²) in [4.78, 5) is 15.1. The smallest absolute Gasteiger partial charge is 0.348 e. The minimum absolute atomic E-state index is 0.0158. The van der Waals surface area contributed by atoms with Crippen LogP contribution in [0.4, 0.5) is 13.2 Å². The van der Waals surface area contributed by atoms with Crippen LogP contribution in [-0.4, -0.2) is 16.9 Å². The lowest BCUT2D eigenvalue weighted by Crippen LogP contribution is -2.44. The predicted octanol–water partition coefficient (Wildman–Crippen LogP) is 2.15. The van der Waals surface area contributed by atoms with Crippen molar-refractivity contribution >= 4 is 17.2 Å². The summed E-state index contributed by atoms with van der Waals surface area (Å²) in [5.41, 5.74) is 4.76. The molecule has 0 aliphatic rings. The van der Waals surface area contributed by atoms with Crippen molar-refractivity contribution < 1.29 is 18.0 Å². The summed E-state index contributed by atoms with van der Waals surface area (Å²) < 4.78 is 37.0. The molecule has 1 amide bonds. The van der Waals surface area contributed by atoms with Crippen molar-refractivity contribution in [1.82, 2.24) is 10.3 Å². The summed E-state index contributed by atoms with van der Waals surface area (Å²) >= 11 is 0.858. The van der Waals surface area contributed by atoms with E-state index in [2.05, 4.69) is 10.3 Å². The number of aromatic nitrogens is 1. The fourth-order valence-electron chi connectivity index (χ4n) is 1.32. The van der Waals surface area contributed by atoms with Gasteiger partial charge in [0.2, 0.25) is 5.91 Å². The Balaban J connectivity index is 2.53. The van der Waals surface area contributed by atoms with E-state index in [1.54, 1.807) is 0 Å². The Kier molecular flexibility index (Phi) is 5.30. The Morgan fingerprint density at radius 2 is 2.21 bits per heavy atom. The van der Waals surface area contributed by atoms with Crippen LogP contribution in [0.3, 0.4) is 0 Å². The van der Waals surface area contributed by atoms with E-state index >= 15 is 0 Å². The summed E-state index contributed by atoms with van der Waals surface area (Å²) in [6.07, 6.45) is -3.70. The molecule has 2 unspecified atom stereocenters. The molecule has 0 fully saturated rings. The zero-order chi connectivity index (χ0) is 14.6. The first-order chi connectivity index (χ1) is 8.75. The van der Waals surface area contributed by atoms with Crippen molar-refractivity contribution in [3.8, 4) is 0 Å². The first kappa shape index (κ1) is 15.9. The predicted molar refractivity (Wildman–Crippen MR) is 66.4 cm³/mol. The van der Waals surface area contributed by atoms with Crippen LogP contribution in [0.25, 0.3) is 0 Å². The van der Waals surface area contributed by atoms with E-state index in [0.29, 0.717) is 0 Å². The van der Waals surface area contributed by atoms with Gasteiger partial charge in [-0.25, -0.2) is 4.98 Å². The number of carbonyl (C=O) groups is 1. The lowest BCUT2D eigenvalue weighted by atomic mass is 9.99. The van der Waals surface area contributed by atoms with Crippen molar-refractivity contribution in [1.29, 1.82) is 0 Å². The van der Waals surface area contributed by atoms with Crippen molar-refractivity contribution in [2.75, 3.05) is 0 Å². The molecule has 1 rings (SSSR count). The molecule has 0 aliphatic heterocycles. The Hall–Kier alpha value is -1.15. The third kappa shape index (κ3) is 4.46. The number of nitrogens with two attached hydrogens (primary N) is 1. The highest BCUT2D eigenvalue weighted by Crippen LogP contribution is 2.29. The average molecular weight is 295 g/mol. The number of nitrogens with zero attached hydrogens (tertiary/aromatic N) is 1. The summed E-state index contributed by atoms with van der Waals surface area (Å²) in [5.74, 6) is -0.361. The minimum atomic E-state index is -4.45. The van der Waals surface area contributed by atoms with Crippen LogP contribution in [0.5, 0.6) is 0 Å². The highest BCUT2D eigenvalue weighted by molar-refractivity contribution is 7.09. The van der Waals surface area contributed by atoms with Gasteiger partial charge in [0.15, 0.2) is 5.69 Å². The molecule has 8 heteroatoms. The molecule has 1 aromatic rings. The lowest BCUT2D eigenvalue weighted by molar-refractivity contribution is -0.140. The topological polar surface area (TPSA) is 68.0 Å². The summed E-state index contributed by atoms with van der Waals surface area (Å²) in [7, 11) is 0. The Morgan fingerprint density at radius 1 is 1.58 bits per heavy atom. The van der Waals surface area contributed by atoms with Crippen LogP contribution in [0.1, 0.15) is 31.0 Å². The molecule has 108 valence electrons. The molecule has 0 saturated heterocycles. The van der Waals surface area contributed by atoms with E-state index < -0.39 is 17.9 Å². The van der Waals surface area contributed by atoms with Crippen LogP contribution in [0.15, 0.2) is 5.38 Å². The third-order valence-corrected chi connectivity index (χ3v) is 3.66. The molecular weight excluding hydrogens is 279 g/mol. The van der Waals surface area contributed by atoms with Gasteiger partial charge in [-0.15, -0.1) is 11.3 Å². The van der Waals surface area contributed by atoms with E-state index in [4.69, 9.17) is 5.73 Å². The van der Waals surface area contributed by atoms with Crippen LogP contribution in [0.2, 0.25) is 0 Å². The fourth-order valence-corrected chi connectivity index (χ4v) is 2.06. The second-order valence-corrected chi connectivity index (χ2v) is 5.20. The van der Waals surface area contributed by atoms with Gasteiger partial charge in [0.05, 0.1) is 12.6 Å². The lowest BCUT2D eigenvalue weighted by Gasteiger charge is -2.17. The maximum Gasteiger partial charge on any atom is 0.434 e. The van der Waals surface area contributed by atoms with E-state index in [1.165, 1.54) is 0 Å². The number of amides is 1. The monoisotopic (exact) mass is 295 g/mol. The molecule has 0 radical (unpaired) electrons. The molecule has 0 aromatic carbocycles. The fraction of sp³-hybridized carbons (Fsp3) is 0.636. The van der Waals surface area contributed by atoms with Gasteiger partial charge < -0.3 is 11.1 Å². The number of alkyl halides is 3. The number of hydrogen-bond donors (Lipinski definition) is 2. The first-order valence-electron chi connectivity index (χ1n) is 5.80. The molecule has 1 aromatic heterocycles. The molecule has 3 N–H and O–H groups in total. The van der Waals surface area contributed by atoms with Gasteiger partial charge in [0, 0.05) is 5.38 Å². The molecule has 0 bridgehead atoms. The average Bonchev–Trinajstić information content (AvgIpc) is 2.82. The third-order valence-electron chi connectivity index (χ3n) is 2.82. The van der Waals surface area contributed by atoms with Crippen LogP contribution in [0, 0.1) is 5.92 Å². The Labute approximate surface area is 113 Å². The summed E-state index contributed by atoms with van der Waals surface area (Å²) in [6, 6.07) is -0.660. The van der Waals surface area contributed by atoms with Gasteiger partial charge >= 0.3 is 6.18 Å². The minimum Gasteiger partial charge on any atom is -0.348 e. The van der Waals surface area contributed by atoms with Crippen molar-refractivity contribution in [3.63, 3.8) is 0 Å². The molecule has 19 heavy (non-hydrogen) atoms. The van der Waals surface area contributed by atoms with Crippen molar-refractivity contribution in [3.05, 3.63) is 16.1 Å². The highest BCUT2D eigenvalue weighted by Gasteiger charge is 2.33. The molecule has 4 nitrogen and oxygen atoms in total. The first-order valence-corrected chi connectivity index (χ1v) is 6.68. The maximum absolute atomic E-state index is 12.3. The van der Waals surface area contributed by atoms with Gasteiger partial charge in [-0.05, 0) is 5.92 Å². The normalized spacial score (nSPS) is 15.1. The Bertz CT molecular complexity index is 433. The van der Waals surface area contributed by atoms with E-state index in [1.807, 2.05) is 13.8 Å². The van der Waals surface area contributed by atoms with E-state index in [0.717, 1.165) is 23.1 Å². The highest BCUT2D eigenvalue weighted by atomic mass is 32.1. The zero-order valence-corrected chi connectivity index (χ0v) is 11.4. The molecule has 2 atom stereocenters.